The Morgan fingerprint density at radius 2 is 1.69 bits per heavy atom. The first-order valence-corrected chi connectivity index (χ1v) is 6.59. The summed E-state index contributed by atoms with van der Waals surface area (Å²) in [4.78, 5) is 0. The van der Waals surface area contributed by atoms with Crippen molar-refractivity contribution in [1.82, 2.24) is 0 Å². The van der Waals surface area contributed by atoms with Crippen molar-refractivity contribution >= 4 is 31.1 Å². The third-order valence-corrected chi connectivity index (χ3v) is 3.13. The summed E-state index contributed by atoms with van der Waals surface area (Å²) in [5.41, 5.74) is 2.66. The molecule has 0 amide bonds. The van der Waals surface area contributed by atoms with E-state index in [1.54, 1.807) is 0 Å². The van der Waals surface area contributed by atoms with Gasteiger partial charge in [-0.2, -0.15) is 0 Å². The maximum Gasteiger partial charge on any atom is 0.0509 e. The number of rotatable bonds is 6. The molecule has 0 saturated carbocycles. The predicted octanol–water partition coefficient (Wildman–Crippen LogP) is 4.31. The van der Waals surface area contributed by atoms with Gasteiger partial charge in [0.05, 0.1) is 6.61 Å². The summed E-state index contributed by atoms with van der Waals surface area (Å²) in [5.74, 6) is 0. The molecule has 0 aromatic heterocycles. The van der Waals surface area contributed by atoms with E-state index in [2.05, 4.69) is 39.0 Å². The van der Waals surface area contributed by atoms with Crippen molar-refractivity contribution in [2.45, 2.75) is 40.0 Å². The Hall–Kier alpha value is 0.0900. The Kier molecular flexibility index (Phi) is 9.21. The predicted molar refractivity (Wildman–Crippen MR) is 79.7 cm³/mol. The highest BCUT2D eigenvalue weighted by Gasteiger charge is 1.96. The Balaban J connectivity index is 0.00000225. The van der Waals surface area contributed by atoms with Crippen LogP contribution in [0.15, 0.2) is 18.2 Å². The average Bonchev–Trinajstić information content (AvgIpc) is 2.16. The molecule has 0 radical (unpaired) electrons. The summed E-state index contributed by atoms with van der Waals surface area (Å²) in [6.45, 7) is 7.39. The van der Waals surface area contributed by atoms with E-state index < -0.39 is 0 Å². The number of aryl methyl sites for hydroxylation is 2. The topological polar surface area (TPSA) is 9.23 Å². The van der Waals surface area contributed by atoms with Crippen LogP contribution < -0.4 is 5.30 Å². The van der Waals surface area contributed by atoms with Crippen LogP contribution in [0.4, 0.5) is 0 Å². The fourth-order valence-electron chi connectivity index (χ4n) is 1.59. The van der Waals surface area contributed by atoms with Crippen molar-refractivity contribution in [2.24, 2.45) is 0 Å². The number of unbranched alkanes of at least 4 members (excludes halogenated alkanes) is 2. The highest BCUT2D eigenvalue weighted by molar-refractivity contribution is 8.93. The normalized spacial score (nSPS) is 10.7. The van der Waals surface area contributed by atoms with Gasteiger partial charge in [0.2, 0.25) is 0 Å². The van der Waals surface area contributed by atoms with Crippen LogP contribution in [0, 0.1) is 13.8 Å². The lowest BCUT2D eigenvalue weighted by Gasteiger charge is -2.05. The first-order chi connectivity index (χ1) is 7.22. The molecule has 0 heterocycles. The van der Waals surface area contributed by atoms with Crippen molar-refractivity contribution in [1.29, 1.82) is 0 Å². The van der Waals surface area contributed by atoms with Gasteiger partial charge in [0, 0.05) is 8.81 Å². The van der Waals surface area contributed by atoms with E-state index in [9.17, 15) is 0 Å². The first kappa shape index (κ1) is 16.1. The van der Waals surface area contributed by atoms with Crippen molar-refractivity contribution in [3.63, 3.8) is 0 Å². The van der Waals surface area contributed by atoms with E-state index in [4.69, 9.17) is 4.52 Å². The zero-order valence-electron chi connectivity index (χ0n) is 10.4. The van der Waals surface area contributed by atoms with Crippen LogP contribution in [-0.4, -0.2) is 6.61 Å². The largest absolute Gasteiger partial charge is 0.358 e. The van der Waals surface area contributed by atoms with Gasteiger partial charge in [0.25, 0.3) is 0 Å². The fourth-order valence-corrected chi connectivity index (χ4v) is 2.58. The zero-order chi connectivity index (χ0) is 11.1. The van der Waals surface area contributed by atoms with Crippen LogP contribution in [0.3, 0.4) is 0 Å². The lowest BCUT2D eigenvalue weighted by molar-refractivity contribution is 0.351. The Morgan fingerprint density at radius 1 is 1.06 bits per heavy atom. The number of benzene rings is 1. The maximum atomic E-state index is 5.66. The van der Waals surface area contributed by atoms with Crippen LogP contribution in [0.25, 0.3) is 0 Å². The lowest BCUT2D eigenvalue weighted by atomic mass is 10.2. The van der Waals surface area contributed by atoms with Gasteiger partial charge in [-0.15, -0.1) is 17.0 Å². The smallest absolute Gasteiger partial charge is 0.0509 e. The zero-order valence-corrected chi connectivity index (χ0v) is 13.1. The minimum Gasteiger partial charge on any atom is -0.358 e. The third-order valence-electron chi connectivity index (χ3n) is 2.26. The van der Waals surface area contributed by atoms with Crippen molar-refractivity contribution in [3.05, 3.63) is 29.3 Å². The van der Waals surface area contributed by atoms with Gasteiger partial charge in [-0.25, -0.2) is 0 Å². The monoisotopic (exact) mass is 304 g/mol. The first-order valence-electron chi connectivity index (χ1n) is 5.68. The molecule has 0 spiro atoms. The minimum absolute atomic E-state index is 0. The molecular formula is C13H22BrOP. The van der Waals surface area contributed by atoms with Gasteiger partial charge >= 0.3 is 0 Å². The standard InChI is InChI=1S/C13H21OP.BrH/c1-4-5-6-7-14-15-13-9-11(2)8-12(3)10-13;/h8-10,15H,4-7H2,1-3H3;1H. The SMILES string of the molecule is Br.CCCCCOPc1cc(C)cc(C)c1. The fraction of sp³-hybridized carbons (Fsp3) is 0.538. The molecule has 1 unspecified atom stereocenters. The molecule has 92 valence electrons. The molecule has 0 bridgehead atoms. The van der Waals surface area contributed by atoms with E-state index >= 15 is 0 Å². The lowest BCUT2D eigenvalue weighted by Crippen LogP contribution is -1.98. The van der Waals surface area contributed by atoms with Gasteiger partial charge in [0.15, 0.2) is 0 Å². The van der Waals surface area contributed by atoms with Gasteiger partial charge in [0.1, 0.15) is 0 Å². The average molecular weight is 305 g/mol. The summed E-state index contributed by atoms with van der Waals surface area (Å²) in [5, 5.41) is 1.32. The summed E-state index contributed by atoms with van der Waals surface area (Å²) < 4.78 is 5.66. The maximum absolute atomic E-state index is 5.66. The van der Waals surface area contributed by atoms with Gasteiger partial charge < -0.3 is 4.52 Å². The summed E-state index contributed by atoms with van der Waals surface area (Å²) in [7, 11) is 0.509. The van der Waals surface area contributed by atoms with E-state index in [1.807, 2.05) is 0 Å². The van der Waals surface area contributed by atoms with Crippen LogP contribution >= 0.6 is 25.8 Å². The van der Waals surface area contributed by atoms with Crippen LogP contribution in [0.1, 0.15) is 37.3 Å². The van der Waals surface area contributed by atoms with E-state index in [1.165, 1.54) is 35.7 Å². The number of hydrogen-bond acceptors (Lipinski definition) is 1. The van der Waals surface area contributed by atoms with E-state index in [-0.39, 0.29) is 17.0 Å². The minimum atomic E-state index is 0. The molecule has 0 saturated heterocycles. The second kappa shape index (κ2) is 9.15. The number of halogens is 1. The van der Waals surface area contributed by atoms with Crippen LogP contribution in [-0.2, 0) is 4.52 Å². The highest BCUT2D eigenvalue weighted by atomic mass is 79.9. The Bertz CT molecular complexity index is 282. The molecule has 0 aliphatic rings. The molecule has 1 nitrogen and oxygen atoms in total. The molecule has 0 aliphatic heterocycles. The summed E-state index contributed by atoms with van der Waals surface area (Å²) in [6, 6.07) is 6.63. The molecule has 1 atom stereocenters. The van der Waals surface area contributed by atoms with Gasteiger partial charge in [-0.05, 0) is 37.7 Å². The third kappa shape index (κ3) is 6.62. The molecule has 1 aromatic carbocycles. The molecule has 0 aliphatic carbocycles. The second-order valence-electron chi connectivity index (χ2n) is 4.03. The molecule has 0 N–H and O–H groups in total. The molecular weight excluding hydrogens is 283 g/mol. The molecule has 16 heavy (non-hydrogen) atoms. The number of hydrogen-bond donors (Lipinski definition) is 0. The van der Waals surface area contributed by atoms with Crippen molar-refractivity contribution < 1.29 is 4.52 Å². The Morgan fingerprint density at radius 3 is 2.25 bits per heavy atom. The molecule has 1 aromatic rings. The van der Waals surface area contributed by atoms with E-state index in [0.717, 1.165) is 6.61 Å². The second-order valence-corrected chi connectivity index (χ2v) is 5.10. The van der Waals surface area contributed by atoms with E-state index in [0.29, 0.717) is 8.81 Å². The quantitative estimate of drug-likeness (QED) is 0.562. The summed E-state index contributed by atoms with van der Waals surface area (Å²) >= 11 is 0. The molecule has 1 rings (SSSR count). The van der Waals surface area contributed by atoms with Gasteiger partial charge in [-0.3, -0.25) is 0 Å². The van der Waals surface area contributed by atoms with Crippen molar-refractivity contribution in [2.75, 3.05) is 6.61 Å². The van der Waals surface area contributed by atoms with Crippen LogP contribution in [0.2, 0.25) is 0 Å². The molecule has 3 heteroatoms. The molecule has 0 fully saturated rings. The van der Waals surface area contributed by atoms with Crippen molar-refractivity contribution in [3.8, 4) is 0 Å². The highest BCUT2D eigenvalue weighted by Crippen LogP contribution is 2.15. The van der Waals surface area contributed by atoms with Gasteiger partial charge in [-0.1, -0.05) is 37.0 Å². The van der Waals surface area contributed by atoms with Crippen LogP contribution in [0.5, 0.6) is 0 Å². The Labute approximate surface area is 112 Å². The summed E-state index contributed by atoms with van der Waals surface area (Å²) in [6.07, 6.45) is 3.72.